The number of esters is 1. The van der Waals surface area contributed by atoms with Gasteiger partial charge in [-0.05, 0) is 13.3 Å². The van der Waals surface area contributed by atoms with Gasteiger partial charge in [0.2, 0.25) is 0 Å². The first-order chi connectivity index (χ1) is 10.5. The van der Waals surface area contributed by atoms with Crippen molar-refractivity contribution in [1.82, 2.24) is 16.0 Å². The summed E-state index contributed by atoms with van der Waals surface area (Å²) in [4.78, 5) is 33.6. The van der Waals surface area contributed by atoms with E-state index in [9.17, 15) is 14.4 Å². The van der Waals surface area contributed by atoms with E-state index in [1.165, 1.54) is 0 Å². The van der Waals surface area contributed by atoms with Crippen molar-refractivity contribution in [1.29, 1.82) is 0 Å². The van der Waals surface area contributed by atoms with Crippen LogP contribution in [0.5, 0.6) is 0 Å². The highest BCUT2D eigenvalue weighted by atomic mass is 16.5. The molecule has 126 valence electrons. The van der Waals surface area contributed by atoms with Gasteiger partial charge in [-0.2, -0.15) is 0 Å². The number of urea groups is 1. The predicted octanol–water partition coefficient (Wildman–Crippen LogP) is 0.931. The van der Waals surface area contributed by atoms with Gasteiger partial charge in [0, 0.05) is 12.1 Å². The fourth-order valence-corrected chi connectivity index (χ4v) is 1.22. The largest absolute Gasteiger partial charge is 0.460 e. The second-order valence-electron chi connectivity index (χ2n) is 4.52. The molecule has 0 aliphatic rings. The Hall–Kier alpha value is -2.25. The van der Waals surface area contributed by atoms with Gasteiger partial charge < -0.3 is 25.4 Å². The maximum Gasteiger partial charge on any atom is 0.407 e. The Morgan fingerprint density at radius 3 is 2.09 bits per heavy atom. The molecule has 0 spiro atoms. The molecule has 0 atom stereocenters. The fraction of sp³-hybridized carbons (Fsp3) is 0.643. The zero-order chi connectivity index (χ0) is 16.8. The van der Waals surface area contributed by atoms with Crippen molar-refractivity contribution in [3.05, 3.63) is 12.2 Å². The summed E-state index contributed by atoms with van der Waals surface area (Å²) >= 11 is 0. The number of nitrogens with one attached hydrogen (secondary N) is 3. The Morgan fingerprint density at radius 1 is 0.955 bits per heavy atom. The third-order valence-corrected chi connectivity index (χ3v) is 2.39. The number of ether oxygens (including phenoxy) is 2. The zero-order valence-electron chi connectivity index (χ0n) is 13.2. The summed E-state index contributed by atoms with van der Waals surface area (Å²) in [5.74, 6) is -0.496. The van der Waals surface area contributed by atoms with Gasteiger partial charge in [0.05, 0.1) is 13.1 Å². The van der Waals surface area contributed by atoms with Crippen molar-refractivity contribution in [3.63, 3.8) is 0 Å². The smallest absolute Gasteiger partial charge is 0.407 e. The molecule has 0 unspecified atom stereocenters. The Kier molecular flexibility index (Phi) is 11.2. The van der Waals surface area contributed by atoms with E-state index in [4.69, 9.17) is 9.47 Å². The standard InChI is InChI=1S/C14H25N3O5/c1-4-5-6-17-14(20)22-10-8-16-13(19)15-7-9-21-12(18)11(2)3/h2,4-10H2,1,3H3,(H,17,20)(H2,15,16,19). The van der Waals surface area contributed by atoms with E-state index in [0.29, 0.717) is 12.1 Å². The van der Waals surface area contributed by atoms with Gasteiger partial charge in [0.1, 0.15) is 13.2 Å². The van der Waals surface area contributed by atoms with E-state index in [-0.39, 0.29) is 26.3 Å². The lowest BCUT2D eigenvalue weighted by Crippen LogP contribution is -2.39. The summed E-state index contributed by atoms with van der Waals surface area (Å²) in [6, 6.07) is -0.429. The molecule has 3 N–H and O–H groups in total. The van der Waals surface area contributed by atoms with Crippen LogP contribution in [0.2, 0.25) is 0 Å². The highest BCUT2D eigenvalue weighted by molar-refractivity contribution is 5.86. The molecule has 0 radical (unpaired) electrons. The first-order valence-electron chi connectivity index (χ1n) is 7.22. The molecule has 22 heavy (non-hydrogen) atoms. The van der Waals surface area contributed by atoms with Crippen LogP contribution in [0.3, 0.4) is 0 Å². The molecule has 0 aromatic rings. The molecule has 3 amide bonds. The molecule has 0 aliphatic heterocycles. The molecule has 8 heteroatoms. The van der Waals surface area contributed by atoms with Crippen LogP contribution in [0, 0.1) is 0 Å². The number of hydrogen-bond acceptors (Lipinski definition) is 5. The van der Waals surface area contributed by atoms with Crippen LogP contribution in [0.4, 0.5) is 9.59 Å². The minimum atomic E-state index is -0.498. The lowest BCUT2D eigenvalue weighted by atomic mass is 10.3. The van der Waals surface area contributed by atoms with Crippen LogP contribution in [-0.4, -0.2) is 50.9 Å². The fourth-order valence-electron chi connectivity index (χ4n) is 1.22. The Labute approximate surface area is 130 Å². The molecule has 8 nitrogen and oxygen atoms in total. The molecule has 0 saturated carbocycles. The van der Waals surface area contributed by atoms with Crippen LogP contribution >= 0.6 is 0 Å². The van der Waals surface area contributed by atoms with Crippen LogP contribution in [0.15, 0.2) is 12.2 Å². The topological polar surface area (TPSA) is 106 Å². The first kappa shape index (κ1) is 19.8. The Bertz CT molecular complexity index is 385. The Balaban J connectivity index is 3.48. The summed E-state index contributed by atoms with van der Waals surface area (Å²) in [6.07, 6.45) is 1.39. The van der Waals surface area contributed by atoms with E-state index in [1.54, 1.807) is 6.92 Å². The van der Waals surface area contributed by atoms with E-state index in [2.05, 4.69) is 22.5 Å². The minimum Gasteiger partial charge on any atom is -0.460 e. The number of alkyl carbamates (subject to hydrolysis) is 1. The second-order valence-corrected chi connectivity index (χ2v) is 4.52. The molecule has 0 fully saturated rings. The lowest BCUT2D eigenvalue weighted by Gasteiger charge is -2.09. The minimum absolute atomic E-state index is 0.0649. The molecule has 0 aromatic heterocycles. The molecule has 0 saturated heterocycles. The average Bonchev–Trinajstić information content (AvgIpc) is 2.48. The van der Waals surface area contributed by atoms with Crippen LogP contribution in [0.25, 0.3) is 0 Å². The number of carbonyl (C=O) groups is 3. The van der Waals surface area contributed by atoms with Crippen molar-refractivity contribution < 1.29 is 23.9 Å². The normalized spacial score (nSPS) is 9.55. The van der Waals surface area contributed by atoms with E-state index < -0.39 is 18.1 Å². The predicted molar refractivity (Wildman–Crippen MR) is 81.4 cm³/mol. The van der Waals surface area contributed by atoms with Gasteiger partial charge in [0.25, 0.3) is 0 Å². The van der Waals surface area contributed by atoms with E-state index in [0.717, 1.165) is 12.8 Å². The third kappa shape index (κ3) is 11.6. The number of hydrogen-bond donors (Lipinski definition) is 3. The maximum absolute atomic E-state index is 11.3. The third-order valence-electron chi connectivity index (χ3n) is 2.39. The van der Waals surface area contributed by atoms with Crippen LogP contribution in [-0.2, 0) is 14.3 Å². The van der Waals surface area contributed by atoms with Gasteiger partial charge in [-0.3, -0.25) is 0 Å². The Morgan fingerprint density at radius 2 is 1.55 bits per heavy atom. The van der Waals surface area contributed by atoms with Gasteiger partial charge in [-0.25, -0.2) is 14.4 Å². The molecule has 0 heterocycles. The zero-order valence-corrected chi connectivity index (χ0v) is 13.2. The van der Waals surface area contributed by atoms with Crippen molar-refractivity contribution in [2.24, 2.45) is 0 Å². The van der Waals surface area contributed by atoms with Gasteiger partial charge in [0.15, 0.2) is 0 Å². The van der Waals surface area contributed by atoms with E-state index in [1.807, 2.05) is 6.92 Å². The molecular formula is C14H25N3O5. The maximum atomic E-state index is 11.3. The van der Waals surface area contributed by atoms with E-state index >= 15 is 0 Å². The number of amides is 3. The van der Waals surface area contributed by atoms with Gasteiger partial charge in [-0.15, -0.1) is 0 Å². The summed E-state index contributed by atoms with van der Waals surface area (Å²) in [5.41, 5.74) is 0.304. The molecule has 0 aromatic carbocycles. The summed E-state index contributed by atoms with van der Waals surface area (Å²) < 4.78 is 9.65. The van der Waals surface area contributed by atoms with Crippen molar-refractivity contribution >= 4 is 18.1 Å². The number of unbranched alkanes of at least 4 members (excludes halogenated alkanes) is 1. The first-order valence-corrected chi connectivity index (χ1v) is 7.22. The summed E-state index contributed by atoms with van der Waals surface area (Å²) in [6.45, 7) is 8.10. The number of carbonyl (C=O) groups excluding carboxylic acids is 3. The number of rotatable bonds is 10. The van der Waals surface area contributed by atoms with Crippen molar-refractivity contribution in [2.45, 2.75) is 26.7 Å². The van der Waals surface area contributed by atoms with Crippen LogP contribution < -0.4 is 16.0 Å². The molecule has 0 bridgehead atoms. The van der Waals surface area contributed by atoms with Crippen LogP contribution in [0.1, 0.15) is 26.7 Å². The highest BCUT2D eigenvalue weighted by Crippen LogP contribution is 1.90. The lowest BCUT2D eigenvalue weighted by molar-refractivity contribution is -0.138. The second kappa shape index (κ2) is 12.5. The van der Waals surface area contributed by atoms with Crippen molar-refractivity contribution in [2.75, 3.05) is 32.8 Å². The highest BCUT2D eigenvalue weighted by Gasteiger charge is 2.04. The monoisotopic (exact) mass is 315 g/mol. The summed E-state index contributed by atoms with van der Waals surface area (Å²) in [5, 5.41) is 7.59. The SMILES string of the molecule is C=C(C)C(=O)OCCNC(=O)NCCOC(=O)NCCCC. The van der Waals surface area contributed by atoms with Gasteiger partial charge >= 0.3 is 18.1 Å². The average molecular weight is 315 g/mol. The summed E-state index contributed by atoms with van der Waals surface area (Å²) in [7, 11) is 0. The molecular weight excluding hydrogens is 290 g/mol. The molecule has 0 rings (SSSR count). The molecule has 0 aliphatic carbocycles. The van der Waals surface area contributed by atoms with Crippen molar-refractivity contribution in [3.8, 4) is 0 Å². The van der Waals surface area contributed by atoms with Gasteiger partial charge in [-0.1, -0.05) is 19.9 Å². The quantitative estimate of drug-likeness (QED) is 0.316.